The summed E-state index contributed by atoms with van der Waals surface area (Å²) in [5.74, 6) is 0.111. The van der Waals surface area contributed by atoms with Gasteiger partial charge in [0.2, 0.25) is 5.91 Å². The quantitative estimate of drug-likeness (QED) is 0.816. The zero-order valence-corrected chi connectivity index (χ0v) is 12.6. The third kappa shape index (κ3) is 4.96. The van der Waals surface area contributed by atoms with Crippen LogP contribution in [0.25, 0.3) is 0 Å². The predicted octanol–water partition coefficient (Wildman–Crippen LogP) is 3.16. The highest BCUT2D eigenvalue weighted by Crippen LogP contribution is 2.16. The van der Waals surface area contributed by atoms with Crippen LogP contribution in [-0.2, 0) is 21.4 Å². The number of halogens is 1. The zero-order chi connectivity index (χ0) is 13.5. The van der Waals surface area contributed by atoms with Gasteiger partial charge in [-0.15, -0.1) is 0 Å². The van der Waals surface area contributed by atoms with E-state index in [9.17, 15) is 4.79 Å². The first-order valence-electron chi connectivity index (χ1n) is 6.80. The summed E-state index contributed by atoms with van der Waals surface area (Å²) in [5.41, 5.74) is 2.37. The van der Waals surface area contributed by atoms with E-state index in [2.05, 4.69) is 33.4 Å². The second-order valence-corrected chi connectivity index (χ2v) is 5.46. The monoisotopic (exact) mass is 325 g/mol. The minimum atomic E-state index is 0.111. The molecule has 1 saturated heterocycles. The van der Waals surface area contributed by atoms with Gasteiger partial charge in [-0.25, -0.2) is 0 Å². The van der Waals surface area contributed by atoms with E-state index in [4.69, 9.17) is 4.74 Å². The van der Waals surface area contributed by atoms with Gasteiger partial charge in [-0.1, -0.05) is 40.2 Å². The van der Waals surface area contributed by atoms with E-state index in [-0.39, 0.29) is 5.91 Å². The van der Waals surface area contributed by atoms with Gasteiger partial charge < -0.3 is 10.1 Å². The topological polar surface area (TPSA) is 38.3 Å². The van der Waals surface area contributed by atoms with Gasteiger partial charge in [0, 0.05) is 24.9 Å². The third-order valence-corrected chi connectivity index (χ3v) is 4.00. The van der Waals surface area contributed by atoms with Crippen molar-refractivity contribution in [3.63, 3.8) is 0 Å². The highest BCUT2D eigenvalue weighted by molar-refractivity contribution is 9.08. The van der Waals surface area contributed by atoms with E-state index in [1.165, 1.54) is 5.56 Å². The molecule has 1 aromatic rings. The number of ether oxygens (including phenoxy) is 1. The molecule has 1 amide bonds. The fourth-order valence-electron chi connectivity index (χ4n) is 2.28. The van der Waals surface area contributed by atoms with Crippen molar-refractivity contribution in [1.82, 2.24) is 5.32 Å². The molecule has 0 aromatic heterocycles. The Balaban J connectivity index is 1.70. The number of hydrogen-bond acceptors (Lipinski definition) is 2. The summed E-state index contributed by atoms with van der Waals surface area (Å²) in [5, 5.41) is 3.81. The smallest absolute Gasteiger partial charge is 0.220 e. The number of rotatable bonds is 6. The molecule has 1 aromatic carbocycles. The van der Waals surface area contributed by atoms with Crippen LogP contribution in [0.3, 0.4) is 0 Å². The first kappa shape index (κ1) is 14.5. The average molecular weight is 326 g/mol. The minimum absolute atomic E-state index is 0.111. The first-order valence-corrected chi connectivity index (χ1v) is 7.92. The molecular weight excluding hydrogens is 306 g/mol. The standard InChI is InChI=1S/C15H20BrNO2/c16-10-12-3-1-4-13(9-12)11-17-15(18)7-6-14-5-2-8-19-14/h1,3-4,9,14H,2,5-8,10-11H2,(H,17,18). The molecule has 1 N–H and O–H groups in total. The molecule has 19 heavy (non-hydrogen) atoms. The van der Waals surface area contributed by atoms with Crippen LogP contribution in [-0.4, -0.2) is 18.6 Å². The Morgan fingerprint density at radius 1 is 1.42 bits per heavy atom. The highest BCUT2D eigenvalue weighted by atomic mass is 79.9. The molecule has 1 atom stereocenters. The average Bonchev–Trinajstić information content (AvgIpc) is 2.96. The van der Waals surface area contributed by atoms with Crippen LogP contribution in [0.4, 0.5) is 0 Å². The Kier molecular flexibility index (Phi) is 5.86. The molecule has 0 aliphatic carbocycles. The van der Waals surface area contributed by atoms with Gasteiger partial charge in [0.1, 0.15) is 0 Å². The van der Waals surface area contributed by atoms with E-state index < -0.39 is 0 Å². The molecule has 4 heteroatoms. The molecule has 1 aliphatic heterocycles. The number of carbonyl (C=O) groups is 1. The second kappa shape index (κ2) is 7.65. The molecule has 1 unspecified atom stereocenters. The van der Waals surface area contributed by atoms with Crippen LogP contribution in [0.15, 0.2) is 24.3 Å². The van der Waals surface area contributed by atoms with Crippen molar-refractivity contribution in [3.05, 3.63) is 35.4 Å². The molecule has 0 radical (unpaired) electrons. The van der Waals surface area contributed by atoms with Crippen molar-refractivity contribution in [2.24, 2.45) is 0 Å². The lowest BCUT2D eigenvalue weighted by Gasteiger charge is -2.09. The lowest BCUT2D eigenvalue weighted by Crippen LogP contribution is -2.23. The number of hydrogen-bond donors (Lipinski definition) is 1. The summed E-state index contributed by atoms with van der Waals surface area (Å²) >= 11 is 3.43. The molecule has 1 aliphatic rings. The van der Waals surface area contributed by atoms with Crippen molar-refractivity contribution < 1.29 is 9.53 Å². The maximum Gasteiger partial charge on any atom is 0.220 e. The Labute approximate surface area is 122 Å². The Bertz CT molecular complexity index is 416. The van der Waals surface area contributed by atoms with Crippen molar-refractivity contribution in [1.29, 1.82) is 0 Å². The zero-order valence-electron chi connectivity index (χ0n) is 11.0. The lowest BCUT2D eigenvalue weighted by atomic mass is 10.1. The summed E-state index contributed by atoms with van der Waals surface area (Å²) in [6.45, 7) is 1.46. The molecule has 104 valence electrons. The van der Waals surface area contributed by atoms with Crippen LogP contribution in [0.1, 0.15) is 36.8 Å². The Morgan fingerprint density at radius 3 is 3.00 bits per heavy atom. The number of benzene rings is 1. The summed E-state index contributed by atoms with van der Waals surface area (Å²) < 4.78 is 5.51. The number of amides is 1. The van der Waals surface area contributed by atoms with Gasteiger partial charge in [0.15, 0.2) is 0 Å². The summed E-state index contributed by atoms with van der Waals surface area (Å²) in [7, 11) is 0. The lowest BCUT2D eigenvalue weighted by molar-refractivity contribution is -0.121. The van der Waals surface area contributed by atoms with Crippen molar-refractivity contribution in [2.45, 2.75) is 43.7 Å². The SMILES string of the molecule is O=C(CCC1CCCO1)NCc1cccc(CBr)c1. The van der Waals surface area contributed by atoms with Crippen molar-refractivity contribution >= 4 is 21.8 Å². The predicted molar refractivity (Wildman–Crippen MR) is 79.1 cm³/mol. The molecule has 0 saturated carbocycles. The maximum absolute atomic E-state index is 11.8. The molecule has 2 rings (SSSR count). The van der Waals surface area contributed by atoms with Crippen LogP contribution >= 0.6 is 15.9 Å². The Morgan fingerprint density at radius 2 is 2.26 bits per heavy atom. The summed E-state index contributed by atoms with van der Waals surface area (Å²) in [6, 6.07) is 8.23. The number of carbonyl (C=O) groups excluding carboxylic acids is 1. The van der Waals surface area contributed by atoms with E-state index in [0.717, 1.165) is 36.8 Å². The number of alkyl halides is 1. The fraction of sp³-hybridized carbons (Fsp3) is 0.533. The van der Waals surface area contributed by atoms with Crippen LogP contribution < -0.4 is 5.32 Å². The molecular formula is C15H20BrNO2. The number of nitrogens with one attached hydrogen (secondary N) is 1. The highest BCUT2D eigenvalue weighted by Gasteiger charge is 2.16. The van der Waals surface area contributed by atoms with Gasteiger partial charge in [-0.05, 0) is 30.4 Å². The van der Waals surface area contributed by atoms with E-state index in [1.807, 2.05) is 12.1 Å². The van der Waals surface area contributed by atoms with Crippen molar-refractivity contribution in [3.8, 4) is 0 Å². The summed E-state index contributed by atoms with van der Waals surface area (Å²) in [6.07, 6.45) is 3.92. The normalized spacial score (nSPS) is 18.5. The van der Waals surface area contributed by atoms with E-state index >= 15 is 0 Å². The van der Waals surface area contributed by atoms with Crippen LogP contribution in [0.5, 0.6) is 0 Å². The maximum atomic E-state index is 11.8. The molecule has 0 spiro atoms. The minimum Gasteiger partial charge on any atom is -0.378 e. The van der Waals surface area contributed by atoms with Crippen LogP contribution in [0, 0.1) is 0 Å². The first-order chi connectivity index (χ1) is 9.28. The van der Waals surface area contributed by atoms with E-state index in [1.54, 1.807) is 0 Å². The van der Waals surface area contributed by atoms with Crippen LogP contribution in [0.2, 0.25) is 0 Å². The molecule has 1 fully saturated rings. The largest absolute Gasteiger partial charge is 0.378 e. The second-order valence-electron chi connectivity index (χ2n) is 4.90. The van der Waals surface area contributed by atoms with E-state index in [0.29, 0.717) is 19.1 Å². The Hall–Kier alpha value is -0.870. The van der Waals surface area contributed by atoms with Gasteiger partial charge in [0.25, 0.3) is 0 Å². The van der Waals surface area contributed by atoms with Gasteiger partial charge >= 0.3 is 0 Å². The molecule has 1 heterocycles. The van der Waals surface area contributed by atoms with Gasteiger partial charge in [-0.3, -0.25) is 4.79 Å². The fourth-order valence-corrected chi connectivity index (χ4v) is 2.62. The molecule has 3 nitrogen and oxygen atoms in total. The summed E-state index contributed by atoms with van der Waals surface area (Å²) in [4.78, 5) is 11.8. The van der Waals surface area contributed by atoms with Gasteiger partial charge in [0.05, 0.1) is 6.10 Å². The third-order valence-electron chi connectivity index (χ3n) is 3.35. The molecule has 0 bridgehead atoms. The van der Waals surface area contributed by atoms with Crippen molar-refractivity contribution in [2.75, 3.05) is 6.61 Å². The van der Waals surface area contributed by atoms with Gasteiger partial charge in [-0.2, -0.15) is 0 Å².